The number of hydrogen-bond donors (Lipinski definition) is 1. The van der Waals surface area contributed by atoms with Crippen molar-refractivity contribution in [1.82, 2.24) is 5.43 Å². The van der Waals surface area contributed by atoms with E-state index in [1.807, 2.05) is 6.92 Å². The van der Waals surface area contributed by atoms with Crippen LogP contribution >= 0.6 is 23.2 Å². The third-order valence-corrected chi connectivity index (χ3v) is 6.29. The van der Waals surface area contributed by atoms with Gasteiger partial charge in [-0.05, 0) is 91.3 Å². The van der Waals surface area contributed by atoms with Crippen molar-refractivity contribution in [3.8, 4) is 23.0 Å². The van der Waals surface area contributed by atoms with Crippen molar-refractivity contribution in [3.63, 3.8) is 0 Å². The van der Waals surface area contributed by atoms with E-state index in [0.29, 0.717) is 50.6 Å². The number of nitrogens with zero attached hydrogens (tertiary/aromatic N) is 1. The topological polar surface area (TPSA) is 95.5 Å². The molecule has 8 nitrogen and oxygen atoms in total. The van der Waals surface area contributed by atoms with Crippen molar-refractivity contribution in [2.45, 2.75) is 13.5 Å². The first-order valence-corrected chi connectivity index (χ1v) is 13.2. The smallest absolute Gasteiger partial charge is 0.343 e. The number of hydrazone groups is 1. The number of methoxy groups -OCH3 is 1. The van der Waals surface area contributed by atoms with Crippen molar-refractivity contribution in [3.05, 3.63) is 117 Å². The second-order valence-electron chi connectivity index (χ2n) is 8.51. The van der Waals surface area contributed by atoms with E-state index in [1.165, 1.54) is 6.21 Å². The predicted molar refractivity (Wildman–Crippen MR) is 158 cm³/mol. The van der Waals surface area contributed by atoms with Crippen molar-refractivity contribution in [2.24, 2.45) is 5.10 Å². The van der Waals surface area contributed by atoms with Gasteiger partial charge in [-0.3, -0.25) is 4.79 Å². The molecular formula is C31H26Cl2N2O6. The van der Waals surface area contributed by atoms with Gasteiger partial charge in [0.2, 0.25) is 0 Å². The molecule has 0 fully saturated rings. The molecule has 0 unspecified atom stereocenters. The van der Waals surface area contributed by atoms with Crippen LogP contribution in [-0.2, 0) is 6.61 Å². The van der Waals surface area contributed by atoms with E-state index in [0.717, 1.165) is 5.56 Å². The minimum Gasteiger partial charge on any atom is -0.497 e. The lowest BCUT2D eigenvalue weighted by Gasteiger charge is -2.11. The lowest BCUT2D eigenvalue weighted by molar-refractivity contribution is 0.0728. The summed E-state index contributed by atoms with van der Waals surface area (Å²) in [6.45, 7) is 2.44. The van der Waals surface area contributed by atoms with Gasteiger partial charge in [-0.2, -0.15) is 5.10 Å². The molecule has 0 aliphatic carbocycles. The molecule has 1 N–H and O–H groups in total. The molecule has 0 aliphatic heterocycles. The highest BCUT2D eigenvalue weighted by molar-refractivity contribution is 6.35. The van der Waals surface area contributed by atoms with Crippen LogP contribution in [0.15, 0.2) is 90.0 Å². The number of rotatable bonds is 11. The Bertz CT molecular complexity index is 1540. The summed E-state index contributed by atoms with van der Waals surface area (Å²) >= 11 is 12.1. The van der Waals surface area contributed by atoms with E-state index in [-0.39, 0.29) is 12.4 Å². The van der Waals surface area contributed by atoms with Gasteiger partial charge >= 0.3 is 5.97 Å². The monoisotopic (exact) mass is 592 g/mol. The largest absolute Gasteiger partial charge is 0.497 e. The average molecular weight is 593 g/mol. The number of hydrogen-bond acceptors (Lipinski definition) is 7. The molecule has 4 aromatic carbocycles. The molecule has 0 saturated carbocycles. The standard InChI is InChI=1S/C31H26Cl2N2O6/c1-3-39-29-16-20(4-15-28(29)41-31(37)22-8-11-25(38-2)12-9-22)18-34-35-30(36)21-6-13-26(14-7-21)40-19-23-5-10-24(32)17-27(23)33/h4-18H,3,19H2,1-2H3,(H,35,36)/b34-18+. The second kappa shape index (κ2) is 14.2. The second-order valence-corrected chi connectivity index (χ2v) is 9.35. The van der Waals surface area contributed by atoms with E-state index in [9.17, 15) is 9.59 Å². The molecule has 0 aromatic heterocycles. The summed E-state index contributed by atoms with van der Waals surface area (Å²) in [7, 11) is 1.55. The molecule has 0 radical (unpaired) electrons. The fraction of sp³-hybridized carbons (Fsp3) is 0.129. The highest BCUT2D eigenvalue weighted by Crippen LogP contribution is 2.29. The van der Waals surface area contributed by atoms with E-state index in [4.69, 9.17) is 42.1 Å². The summed E-state index contributed by atoms with van der Waals surface area (Å²) < 4.78 is 22.0. The molecule has 1 amide bonds. The minimum absolute atomic E-state index is 0.259. The summed E-state index contributed by atoms with van der Waals surface area (Å²) in [6.07, 6.45) is 1.46. The number of halogens is 2. The molecule has 0 saturated heterocycles. The Morgan fingerprint density at radius 2 is 1.54 bits per heavy atom. The van der Waals surface area contributed by atoms with Crippen LogP contribution in [0.2, 0.25) is 10.0 Å². The Morgan fingerprint density at radius 3 is 2.22 bits per heavy atom. The third kappa shape index (κ3) is 8.23. The zero-order valence-corrected chi connectivity index (χ0v) is 23.7. The average Bonchev–Trinajstić information content (AvgIpc) is 2.98. The number of ether oxygens (including phenoxy) is 4. The van der Waals surface area contributed by atoms with Crippen molar-refractivity contribution in [1.29, 1.82) is 0 Å². The first-order chi connectivity index (χ1) is 19.9. The summed E-state index contributed by atoms with van der Waals surface area (Å²) in [4.78, 5) is 25.1. The summed E-state index contributed by atoms with van der Waals surface area (Å²) in [5.74, 6) is 0.896. The van der Waals surface area contributed by atoms with Crippen LogP contribution < -0.4 is 24.4 Å². The minimum atomic E-state index is -0.535. The summed E-state index contributed by atoms with van der Waals surface area (Å²) in [5.41, 5.74) is 4.68. The number of carbonyl (C=O) groups is 2. The van der Waals surface area contributed by atoms with Crippen LogP contribution in [-0.4, -0.2) is 31.8 Å². The van der Waals surface area contributed by atoms with Crippen LogP contribution in [0.1, 0.15) is 38.8 Å². The number of nitrogens with one attached hydrogen (secondary N) is 1. The van der Waals surface area contributed by atoms with Crippen LogP contribution in [0.3, 0.4) is 0 Å². The van der Waals surface area contributed by atoms with Gasteiger partial charge in [0.15, 0.2) is 11.5 Å². The van der Waals surface area contributed by atoms with Crippen LogP contribution in [0.4, 0.5) is 0 Å². The van der Waals surface area contributed by atoms with E-state index < -0.39 is 11.9 Å². The van der Waals surface area contributed by atoms with Crippen LogP contribution in [0.25, 0.3) is 0 Å². The van der Waals surface area contributed by atoms with Gasteiger partial charge in [-0.15, -0.1) is 0 Å². The predicted octanol–water partition coefficient (Wildman–Crippen LogP) is 6.96. The fourth-order valence-corrected chi connectivity index (χ4v) is 4.04. The maximum absolute atomic E-state index is 12.6. The van der Waals surface area contributed by atoms with Gasteiger partial charge < -0.3 is 18.9 Å². The Balaban J connectivity index is 1.34. The Labute approximate surface area is 247 Å². The van der Waals surface area contributed by atoms with E-state index >= 15 is 0 Å². The zero-order chi connectivity index (χ0) is 29.2. The maximum Gasteiger partial charge on any atom is 0.343 e. The molecule has 0 aliphatic rings. The van der Waals surface area contributed by atoms with Gasteiger partial charge in [0.05, 0.1) is 25.5 Å². The highest BCUT2D eigenvalue weighted by atomic mass is 35.5. The van der Waals surface area contributed by atoms with Gasteiger partial charge in [0.25, 0.3) is 5.91 Å². The fourth-order valence-electron chi connectivity index (χ4n) is 3.58. The zero-order valence-electron chi connectivity index (χ0n) is 22.2. The molecule has 10 heteroatoms. The lowest BCUT2D eigenvalue weighted by Crippen LogP contribution is -2.17. The highest BCUT2D eigenvalue weighted by Gasteiger charge is 2.14. The summed E-state index contributed by atoms with van der Waals surface area (Å²) in [6, 6.07) is 23.3. The van der Waals surface area contributed by atoms with Crippen molar-refractivity contribution < 1.29 is 28.5 Å². The molecular weight excluding hydrogens is 567 g/mol. The molecule has 0 atom stereocenters. The SMILES string of the molecule is CCOc1cc(/C=N/NC(=O)c2ccc(OCc3ccc(Cl)cc3Cl)cc2)ccc1OC(=O)c1ccc(OC)cc1. The first kappa shape index (κ1) is 29.5. The lowest BCUT2D eigenvalue weighted by atomic mass is 10.2. The van der Waals surface area contributed by atoms with Crippen molar-refractivity contribution >= 4 is 41.3 Å². The molecule has 0 heterocycles. The number of esters is 1. The Kier molecular flexibility index (Phi) is 10.2. The van der Waals surface area contributed by atoms with Gasteiger partial charge in [-0.1, -0.05) is 29.3 Å². The van der Waals surface area contributed by atoms with Crippen LogP contribution in [0.5, 0.6) is 23.0 Å². The van der Waals surface area contributed by atoms with Gasteiger partial charge in [0.1, 0.15) is 18.1 Å². The molecule has 0 spiro atoms. The Morgan fingerprint density at radius 1 is 0.829 bits per heavy atom. The van der Waals surface area contributed by atoms with Gasteiger partial charge in [0, 0.05) is 21.2 Å². The maximum atomic E-state index is 12.6. The first-order valence-electron chi connectivity index (χ1n) is 12.5. The number of benzene rings is 4. The van der Waals surface area contributed by atoms with Gasteiger partial charge in [-0.25, -0.2) is 10.2 Å². The quantitative estimate of drug-likeness (QED) is 0.0875. The Hall–Kier alpha value is -4.53. The molecule has 0 bridgehead atoms. The van der Waals surface area contributed by atoms with Crippen molar-refractivity contribution in [2.75, 3.05) is 13.7 Å². The van der Waals surface area contributed by atoms with E-state index in [2.05, 4.69) is 10.5 Å². The van der Waals surface area contributed by atoms with E-state index in [1.54, 1.807) is 92.0 Å². The molecule has 4 rings (SSSR count). The number of amides is 1. The molecule has 4 aromatic rings. The summed E-state index contributed by atoms with van der Waals surface area (Å²) in [5, 5.41) is 5.10. The third-order valence-electron chi connectivity index (χ3n) is 5.70. The molecule has 210 valence electrons. The molecule has 41 heavy (non-hydrogen) atoms. The normalized spacial score (nSPS) is 10.7. The van der Waals surface area contributed by atoms with Crippen LogP contribution in [0, 0.1) is 0 Å². The number of carbonyl (C=O) groups excluding carboxylic acids is 2.